The standard InChI is InChI=1S/C5H11N2/c1-4-6-5-7(2)3/h4-5H,1-3H3/q+1. The van der Waals surface area contributed by atoms with Gasteiger partial charge in [0.2, 0.25) is 0 Å². The van der Waals surface area contributed by atoms with Crippen molar-refractivity contribution in [3.05, 3.63) is 0 Å². The van der Waals surface area contributed by atoms with E-state index in [1.165, 1.54) is 0 Å². The Balaban J connectivity index is 3.46. The normalized spacial score (nSPS) is 9.57. The molecule has 0 aromatic heterocycles. The second-order valence-electron chi connectivity index (χ2n) is 1.49. The molecule has 0 saturated carbocycles. The lowest BCUT2D eigenvalue weighted by atomic mass is 10.9. The minimum absolute atomic E-state index is 1.75. The van der Waals surface area contributed by atoms with E-state index in [0.29, 0.717) is 0 Å². The van der Waals surface area contributed by atoms with Gasteiger partial charge in [0.05, 0.1) is 14.1 Å². The third-order valence-corrected chi connectivity index (χ3v) is 0.447. The van der Waals surface area contributed by atoms with Crippen LogP contribution in [0.2, 0.25) is 0 Å². The topological polar surface area (TPSA) is 15.4 Å². The molecule has 7 heavy (non-hydrogen) atoms. The van der Waals surface area contributed by atoms with Gasteiger partial charge in [-0.3, -0.25) is 4.58 Å². The number of aliphatic imine (C=N–C) groups is 1. The van der Waals surface area contributed by atoms with Crippen molar-refractivity contribution < 1.29 is 4.58 Å². The minimum atomic E-state index is 1.75. The van der Waals surface area contributed by atoms with E-state index in [4.69, 9.17) is 0 Å². The summed E-state index contributed by atoms with van der Waals surface area (Å²) in [6.45, 7) is 1.89. The quantitative estimate of drug-likeness (QED) is 0.256. The maximum absolute atomic E-state index is 3.85. The average Bonchev–Trinajstić information content (AvgIpc) is 1.61. The molecule has 0 bridgehead atoms. The Bertz CT molecular complexity index is 88.3. The molecule has 0 N–H and O–H groups in total. The van der Waals surface area contributed by atoms with Crippen molar-refractivity contribution in [2.45, 2.75) is 6.92 Å². The average molecular weight is 99.2 g/mol. The van der Waals surface area contributed by atoms with Crippen molar-refractivity contribution in [1.82, 2.24) is 0 Å². The largest absolute Gasteiger partial charge is 0.280 e. The van der Waals surface area contributed by atoms with Gasteiger partial charge in [0.1, 0.15) is 6.21 Å². The highest BCUT2D eigenvalue weighted by molar-refractivity contribution is 5.67. The monoisotopic (exact) mass is 99.1 g/mol. The van der Waals surface area contributed by atoms with Crippen LogP contribution in [0.5, 0.6) is 0 Å². The Kier molecular flexibility index (Phi) is 3.19. The van der Waals surface area contributed by atoms with Gasteiger partial charge in [0.15, 0.2) is 0 Å². The van der Waals surface area contributed by atoms with Crippen LogP contribution in [0.4, 0.5) is 0 Å². The minimum Gasteiger partial charge on any atom is -0.270 e. The predicted octanol–water partition coefficient (Wildman–Crippen LogP) is 0.377. The van der Waals surface area contributed by atoms with Crippen molar-refractivity contribution in [1.29, 1.82) is 0 Å². The summed E-state index contributed by atoms with van der Waals surface area (Å²) in [7, 11) is 3.88. The molecule has 0 aliphatic carbocycles. The Morgan fingerprint density at radius 1 is 1.43 bits per heavy atom. The number of hydrogen-bond acceptors (Lipinski definition) is 0. The van der Waals surface area contributed by atoms with Crippen LogP contribution in [0, 0.1) is 0 Å². The van der Waals surface area contributed by atoms with Crippen LogP contribution in [0.3, 0.4) is 0 Å². The van der Waals surface area contributed by atoms with Crippen LogP contribution in [0.25, 0.3) is 0 Å². The number of hydrogen-bond donors (Lipinski definition) is 0. The van der Waals surface area contributed by atoms with Crippen molar-refractivity contribution in [3.8, 4) is 0 Å². The number of rotatable bonds is 1. The zero-order valence-electron chi connectivity index (χ0n) is 5.05. The molecule has 2 nitrogen and oxygen atoms in total. The summed E-state index contributed by atoms with van der Waals surface area (Å²) in [6, 6.07) is 0. The maximum Gasteiger partial charge on any atom is 0.280 e. The summed E-state index contributed by atoms with van der Waals surface area (Å²) in [5, 5.41) is 0. The van der Waals surface area contributed by atoms with Crippen LogP contribution in [0.15, 0.2) is 4.99 Å². The molecular weight excluding hydrogens is 88.1 g/mol. The highest BCUT2D eigenvalue weighted by Crippen LogP contribution is 1.54. The third kappa shape index (κ3) is 5.34. The van der Waals surface area contributed by atoms with Crippen LogP contribution < -0.4 is 0 Å². The summed E-state index contributed by atoms with van der Waals surface area (Å²) in [5.74, 6) is 0. The fourth-order valence-electron chi connectivity index (χ4n) is 0.200. The van der Waals surface area contributed by atoms with E-state index in [1.54, 1.807) is 12.6 Å². The molecule has 0 atom stereocenters. The van der Waals surface area contributed by atoms with Crippen LogP contribution in [-0.4, -0.2) is 31.2 Å². The zero-order valence-corrected chi connectivity index (χ0v) is 5.05. The van der Waals surface area contributed by atoms with Crippen molar-refractivity contribution in [2.75, 3.05) is 14.1 Å². The Morgan fingerprint density at radius 3 is 2.14 bits per heavy atom. The molecule has 0 heterocycles. The van der Waals surface area contributed by atoms with E-state index >= 15 is 0 Å². The zero-order chi connectivity index (χ0) is 5.70. The first-order valence-corrected chi connectivity index (χ1v) is 2.25. The van der Waals surface area contributed by atoms with Gasteiger partial charge in [-0.25, -0.2) is 0 Å². The van der Waals surface area contributed by atoms with E-state index in [-0.39, 0.29) is 0 Å². The van der Waals surface area contributed by atoms with Gasteiger partial charge < -0.3 is 0 Å². The first-order chi connectivity index (χ1) is 3.27. The summed E-state index contributed by atoms with van der Waals surface area (Å²) >= 11 is 0. The smallest absolute Gasteiger partial charge is 0.270 e. The lowest BCUT2D eigenvalue weighted by Crippen LogP contribution is -1.95. The van der Waals surface area contributed by atoms with Gasteiger partial charge in [-0.2, -0.15) is 0 Å². The summed E-state index contributed by atoms with van der Waals surface area (Å²) in [5.41, 5.74) is 0. The second kappa shape index (κ2) is 3.53. The SMILES string of the molecule is CC=NC=[N+](C)C. The van der Waals surface area contributed by atoms with Gasteiger partial charge in [-0.15, -0.1) is 0 Å². The number of nitrogens with zero attached hydrogens (tertiary/aromatic N) is 2. The Labute approximate surface area is 44.2 Å². The summed E-state index contributed by atoms with van der Waals surface area (Å²) in [4.78, 5) is 3.85. The molecule has 40 valence electrons. The summed E-state index contributed by atoms with van der Waals surface area (Å²) < 4.78 is 1.89. The molecule has 0 unspecified atom stereocenters. The van der Waals surface area contributed by atoms with Gasteiger partial charge in [0.25, 0.3) is 6.34 Å². The molecule has 2 heteroatoms. The Morgan fingerprint density at radius 2 is 2.00 bits per heavy atom. The lowest BCUT2D eigenvalue weighted by Gasteiger charge is -1.76. The molecular formula is C5H11N2+. The van der Waals surface area contributed by atoms with Crippen molar-refractivity contribution in [2.24, 2.45) is 4.99 Å². The Hall–Kier alpha value is -0.660. The van der Waals surface area contributed by atoms with Crippen molar-refractivity contribution >= 4 is 12.6 Å². The fraction of sp³-hybridized carbons (Fsp3) is 0.600. The van der Waals surface area contributed by atoms with Gasteiger partial charge in [-0.05, 0) is 6.92 Å². The molecule has 0 radical (unpaired) electrons. The predicted molar refractivity (Wildman–Crippen MR) is 32.3 cm³/mol. The van der Waals surface area contributed by atoms with E-state index in [9.17, 15) is 0 Å². The van der Waals surface area contributed by atoms with Crippen LogP contribution >= 0.6 is 0 Å². The molecule has 0 aliphatic heterocycles. The van der Waals surface area contributed by atoms with E-state index in [2.05, 4.69) is 4.99 Å². The van der Waals surface area contributed by atoms with Crippen LogP contribution in [-0.2, 0) is 0 Å². The van der Waals surface area contributed by atoms with Gasteiger partial charge in [0, 0.05) is 0 Å². The molecule has 0 aromatic rings. The lowest BCUT2D eigenvalue weighted by molar-refractivity contribution is -0.460. The van der Waals surface area contributed by atoms with Crippen molar-refractivity contribution in [3.63, 3.8) is 0 Å². The van der Waals surface area contributed by atoms with Gasteiger partial charge >= 0.3 is 0 Å². The molecule has 0 aromatic carbocycles. The molecule has 0 fully saturated rings. The van der Waals surface area contributed by atoms with E-state index in [1.807, 2.05) is 25.6 Å². The fourth-order valence-corrected chi connectivity index (χ4v) is 0.200. The summed E-state index contributed by atoms with van der Waals surface area (Å²) in [6.07, 6.45) is 3.50. The van der Waals surface area contributed by atoms with E-state index in [0.717, 1.165) is 0 Å². The maximum atomic E-state index is 3.85. The highest BCUT2D eigenvalue weighted by atomic mass is 15.0. The first kappa shape index (κ1) is 6.34. The first-order valence-electron chi connectivity index (χ1n) is 2.25. The highest BCUT2D eigenvalue weighted by Gasteiger charge is 1.72. The molecule has 0 aliphatic rings. The second-order valence-corrected chi connectivity index (χ2v) is 1.49. The van der Waals surface area contributed by atoms with E-state index < -0.39 is 0 Å². The van der Waals surface area contributed by atoms with Crippen LogP contribution in [0.1, 0.15) is 6.92 Å². The molecule has 0 amide bonds. The third-order valence-electron chi connectivity index (χ3n) is 0.447. The van der Waals surface area contributed by atoms with Gasteiger partial charge in [-0.1, -0.05) is 4.99 Å². The molecule has 0 spiro atoms. The molecule has 0 saturated heterocycles. The molecule has 0 rings (SSSR count).